The summed E-state index contributed by atoms with van der Waals surface area (Å²) in [6.07, 6.45) is 1.95. The first-order valence-electron chi connectivity index (χ1n) is 6.92. The second kappa shape index (κ2) is 7.30. The molecule has 1 aromatic heterocycles. The number of rotatable bonds is 6. The Morgan fingerprint density at radius 1 is 1.25 bits per heavy atom. The van der Waals surface area contributed by atoms with E-state index in [1.54, 1.807) is 0 Å². The van der Waals surface area contributed by atoms with Crippen LogP contribution in [0, 0.1) is 0 Å². The van der Waals surface area contributed by atoms with Gasteiger partial charge in [0, 0.05) is 15.9 Å². The van der Waals surface area contributed by atoms with Gasteiger partial charge in [0.05, 0.1) is 6.04 Å². The van der Waals surface area contributed by atoms with E-state index >= 15 is 0 Å². The van der Waals surface area contributed by atoms with Gasteiger partial charge in [-0.05, 0) is 48.9 Å². The van der Waals surface area contributed by atoms with Crippen molar-refractivity contribution in [3.63, 3.8) is 0 Å². The van der Waals surface area contributed by atoms with E-state index in [0.29, 0.717) is 0 Å². The molecule has 0 bridgehead atoms. The molecule has 0 radical (unpaired) electrons. The van der Waals surface area contributed by atoms with Gasteiger partial charge >= 0.3 is 0 Å². The standard InChI is InChI=1S/C16H19BrClNO/c1-3-9-19-16(15-8-6-12(4-2)20-15)13-10-11(17)5-7-14(13)18/h5-8,10,16,19H,3-4,9H2,1-2H3. The average molecular weight is 357 g/mol. The first-order valence-corrected chi connectivity index (χ1v) is 8.09. The lowest BCUT2D eigenvalue weighted by atomic mass is 10.0. The summed E-state index contributed by atoms with van der Waals surface area (Å²) in [5.41, 5.74) is 1.03. The molecule has 0 amide bonds. The van der Waals surface area contributed by atoms with Crippen LogP contribution in [0.15, 0.2) is 39.2 Å². The molecule has 20 heavy (non-hydrogen) atoms. The summed E-state index contributed by atoms with van der Waals surface area (Å²) >= 11 is 9.87. The summed E-state index contributed by atoms with van der Waals surface area (Å²) in [6.45, 7) is 5.14. The molecular formula is C16H19BrClNO. The van der Waals surface area contributed by atoms with Crippen LogP contribution in [-0.4, -0.2) is 6.54 Å². The Morgan fingerprint density at radius 2 is 2.05 bits per heavy atom. The van der Waals surface area contributed by atoms with Crippen LogP contribution in [0.5, 0.6) is 0 Å². The number of nitrogens with one attached hydrogen (secondary N) is 1. The lowest BCUT2D eigenvalue weighted by Gasteiger charge is -2.18. The Kier molecular flexibility index (Phi) is 5.70. The van der Waals surface area contributed by atoms with Crippen LogP contribution in [0.3, 0.4) is 0 Å². The lowest BCUT2D eigenvalue weighted by molar-refractivity contribution is 0.422. The van der Waals surface area contributed by atoms with Crippen molar-refractivity contribution in [2.45, 2.75) is 32.7 Å². The highest BCUT2D eigenvalue weighted by Crippen LogP contribution is 2.31. The maximum atomic E-state index is 6.36. The molecule has 0 aliphatic heterocycles. The maximum Gasteiger partial charge on any atom is 0.125 e. The van der Waals surface area contributed by atoms with Crippen LogP contribution in [-0.2, 0) is 6.42 Å². The summed E-state index contributed by atoms with van der Waals surface area (Å²) in [4.78, 5) is 0. The second-order valence-corrected chi connectivity index (χ2v) is 6.03. The number of halogens is 2. The van der Waals surface area contributed by atoms with E-state index in [1.807, 2.05) is 30.3 Å². The molecule has 1 aromatic carbocycles. The molecule has 2 rings (SSSR count). The quantitative estimate of drug-likeness (QED) is 0.755. The summed E-state index contributed by atoms with van der Waals surface area (Å²) in [5, 5.41) is 4.25. The van der Waals surface area contributed by atoms with Crippen molar-refractivity contribution >= 4 is 27.5 Å². The van der Waals surface area contributed by atoms with Crippen LogP contribution >= 0.6 is 27.5 Å². The topological polar surface area (TPSA) is 25.2 Å². The largest absolute Gasteiger partial charge is 0.464 e. The number of furan rings is 1. The van der Waals surface area contributed by atoms with E-state index in [0.717, 1.165) is 46.0 Å². The third-order valence-corrected chi connectivity index (χ3v) is 4.02. The van der Waals surface area contributed by atoms with Crippen molar-refractivity contribution in [1.82, 2.24) is 5.32 Å². The Hall–Kier alpha value is -0.770. The predicted molar refractivity (Wildman–Crippen MR) is 87.4 cm³/mol. The summed E-state index contributed by atoms with van der Waals surface area (Å²) in [5.74, 6) is 1.91. The van der Waals surface area contributed by atoms with Crippen molar-refractivity contribution < 1.29 is 4.42 Å². The van der Waals surface area contributed by atoms with Gasteiger partial charge in [0.1, 0.15) is 11.5 Å². The van der Waals surface area contributed by atoms with Gasteiger partial charge in [-0.3, -0.25) is 0 Å². The highest BCUT2D eigenvalue weighted by atomic mass is 79.9. The molecule has 2 nitrogen and oxygen atoms in total. The number of aryl methyl sites for hydroxylation is 1. The minimum absolute atomic E-state index is 0.0137. The van der Waals surface area contributed by atoms with Gasteiger partial charge in [-0.15, -0.1) is 0 Å². The molecule has 0 saturated heterocycles. The highest BCUT2D eigenvalue weighted by molar-refractivity contribution is 9.10. The Balaban J connectivity index is 2.38. The lowest BCUT2D eigenvalue weighted by Crippen LogP contribution is -2.23. The van der Waals surface area contributed by atoms with Crippen LogP contribution in [0.1, 0.15) is 43.4 Å². The van der Waals surface area contributed by atoms with E-state index in [4.69, 9.17) is 16.0 Å². The Bertz CT molecular complexity index is 567. The fraction of sp³-hybridized carbons (Fsp3) is 0.375. The van der Waals surface area contributed by atoms with Crippen LogP contribution in [0.2, 0.25) is 5.02 Å². The third-order valence-electron chi connectivity index (χ3n) is 3.18. The molecule has 108 valence electrons. The maximum absolute atomic E-state index is 6.36. The molecular weight excluding hydrogens is 338 g/mol. The van der Waals surface area contributed by atoms with Crippen molar-refractivity contribution in [3.05, 3.63) is 56.9 Å². The number of hydrogen-bond donors (Lipinski definition) is 1. The van der Waals surface area contributed by atoms with Crippen molar-refractivity contribution in [2.24, 2.45) is 0 Å². The average Bonchev–Trinajstić information content (AvgIpc) is 2.92. The van der Waals surface area contributed by atoms with Gasteiger partial charge in [0.2, 0.25) is 0 Å². The van der Waals surface area contributed by atoms with E-state index in [1.165, 1.54) is 0 Å². The molecule has 4 heteroatoms. The molecule has 1 N–H and O–H groups in total. The minimum Gasteiger partial charge on any atom is -0.464 e. The fourth-order valence-corrected chi connectivity index (χ4v) is 2.73. The molecule has 0 saturated carbocycles. The van der Waals surface area contributed by atoms with Gasteiger partial charge in [0.15, 0.2) is 0 Å². The van der Waals surface area contributed by atoms with E-state index in [9.17, 15) is 0 Å². The van der Waals surface area contributed by atoms with E-state index < -0.39 is 0 Å². The molecule has 1 heterocycles. The molecule has 0 fully saturated rings. The molecule has 1 unspecified atom stereocenters. The van der Waals surface area contributed by atoms with Gasteiger partial charge in [0.25, 0.3) is 0 Å². The SMILES string of the molecule is CCCNC(c1ccc(CC)o1)c1cc(Br)ccc1Cl. The summed E-state index contributed by atoms with van der Waals surface area (Å²) in [7, 11) is 0. The monoisotopic (exact) mass is 355 g/mol. The zero-order valence-corrected chi connectivity index (χ0v) is 14.1. The van der Waals surface area contributed by atoms with Gasteiger partial charge in [-0.1, -0.05) is 41.4 Å². The van der Waals surface area contributed by atoms with Crippen LogP contribution in [0.4, 0.5) is 0 Å². The van der Waals surface area contributed by atoms with Crippen molar-refractivity contribution in [1.29, 1.82) is 0 Å². The van der Waals surface area contributed by atoms with E-state index in [2.05, 4.69) is 35.1 Å². The molecule has 0 spiro atoms. The predicted octanol–water partition coefficient (Wildman–Crippen LogP) is 5.35. The van der Waals surface area contributed by atoms with Crippen molar-refractivity contribution in [3.8, 4) is 0 Å². The molecule has 1 atom stereocenters. The Morgan fingerprint density at radius 3 is 2.70 bits per heavy atom. The van der Waals surface area contributed by atoms with Crippen LogP contribution < -0.4 is 5.32 Å². The van der Waals surface area contributed by atoms with Gasteiger partial charge < -0.3 is 9.73 Å². The zero-order chi connectivity index (χ0) is 14.5. The normalized spacial score (nSPS) is 12.6. The second-order valence-electron chi connectivity index (χ2n) is 4.71. The molecule has 0 aliphatic carbocycles. The van der Waals surface area contributed by atoms with Gasteiger partial charge in [-0.2, -0.15) is 0 Å². The number of hydrogen-bond acceptors (Lipinski definition) is 2. The summed E-state index contributed by atoms with van der Waals surface area (Å²) in [6, 6.07) is 9.95. The zero-order valence-electron chi connectivity index (χ0n) is 11.7. The molecule has 2 aromatic rings. The highest BCUT2D eigenvalue weighted by Gasteiger charge is 2.20. The van der Waals surface area contributed by atoms with E-state index in [-0.39, 0.29) is 6.04 Å². The molecule has 0 aliphatic rings. The first kappa shape index (κ1) is 15.6. The smallest absolute Gasteiger partial charge is 0.125 e. The number of benzene rings is 1. The Labute approximate surface area is 133 Å². The fourth-order valence-electron chi connectivity index (χ4n) is 2.13. The minimum atomic E-state index is -0.0137. The van der Waals surface area contributed by atoms with Crippen LogP contribution in [0.25, 0.3) is 0 Å². The summed E-state index contributed by atoms with van der Waals surface area (Å²) < 4.78 is 6.92. The first-order chi connectivity index (χ1) is 9.65. The third kappa shape index (κ3) is 3.66. The van der Waals surface area contributed by atoms with Gasteiger partial charge in [-0.25, -0.2) is 0 Å². The van der Waals surface area contributed by atoms with Crippen molar-refractivity contribution in [2.75, 3.05) is 6.54 Å².